The molecular weight excluding hydrogens is 140 g/mol. The van der Waals surface area contributed by atoms with Crippen molar-refractivity contribution in [1.29, 1.82) is 0 Å². The van der Waals surface area contributed by atoms with Crippen LogP contribution in [0.1, 0.15) is 13.8 Å². The average Bonchev–Trinajstić information content (AvgIpc) is 1.88. The highest BCUT2D eigenvalue weighted by atomic mass is 16.3. The number of hydrogen-bond donors (Lipinski definition) is 2. The fourth-order valence-electron chi connectivity index (χ4n) is 0.582. The van der Waals surface area contributed by atoms with Gasteiger partial charge in [0.2, 0.25) is 0 Å². The molecule has 0 aromatic heterocycles. The Morgan fingerprint density at radius 2 is 2.27 bits per heavy atom. The van der Waals surface area contributed by atoms with Crippen LogP contribution in [-0.4, -0.2) is 17.2 Å². The van der Waals surface area contributed by atoms with Gasteiger partial charge in [0.25, 0.3) is 0 Å². The summed E-state index contributed by atoms with van der Waals surface area (Å²) in [5, 5.41) is 9.52. The highest BCUT2D eigenvalue weighted by Crippen LogP contribution is 2.16. The summed E-state index contributed by atoms with van der Waals surface area (Å²) >= 11 is 0. The lowest BCUT2D eigenvalue weighted by Crippen LogP contribution is -2.23. The van der Waals surface area contributed by atoms with Crippen molar-refractivity contribution in [2.75, 3.05) is 0 Å². The van der Waals surface area contributed by atoms with Crippen molar-refractivity contribution in [1.82, 2.24) is 0 Å². The predicted octanol–water partition coefficient (Wildman–Crippen LogP) is 0.814. The van der Waals surface area contributed by atoms with Crippen LogP contribution in [0.3, 0.4) is 0 Å². The van der Waals surface area contributed by atoms with E-state index < -0.39 is 5.72 Å². The summed E-state index contributed by atoms with van der Waals surface area (Å²) in [5.74, 6) is 0. The number of aliphatic hydroxyl groups is 1. The van der Waals surface area contributed by atoms with Gasteiger partial charge in [0, 0.05) is 0 Å². The van der Waals surface area contributed by atoms with Gasteiger partial charge in [0.05, 0.1) is 6.34 Å². The van der Waals surface area contributed by atoms with Gasteiger partial charge < -0.3 is 10.8 Å². The van der Waals surface area contributed by atoms with Crippen molar-refractivity contribution in [3.63, 3.8) is 0 Å². The maximum Gasteiger partial charge on any atom is 0.176 e. The minimum Gasteiger partial charge on any atom is -0.390 e. The first kappa shape index (κ1) is 9.91. The zero-order chi connectivity index (χ0) is 8.91. The van der Waals surface area contributed by atoms with Crippen LogP contribution in [0.5, 0.6) is 0 Å². The average molecular weight is 154 g/mol. The van der Waals surface area contributed by atoms with E-state index in [1.165, 1.54) is 0 Å². The Bertz CT molecular complexity index is 192. The predicted molar refractivity (Wildman–Crippen MR) is 47.3 cm³/mol. The number of aliphatic imine (C=N–C) groups is 1. The maximum atomic E-state index is 9.52. The monoisotopic (exact) mass is 154 g/mol. The topological polar surface area (TPSA) is 58.6 Å². The third-order valence-electron chi connectivity index (χ3n) is 1.44. The summed E-state index contributed by atoms with van der Waals surface area (Å²) in [6, 6.07) is 0. The van der Waals surface area contributed by atoms with E-state index in [0.29, 0.717) is 5.57 Å². The summed E-state index contributed by atoms with van der Waals surface area (Å²) in [5.41, 5.74) is 4.54. The Balaban J connectivity index is 4.53. The van der Waals surface area contributed by atoms with E-state index in [9.17, 15) is 5.11 Å². The molecule has 0 saturated carbocycles. The molecule has 0 bridgehead atoms. The third kappa shape index (κ3) is 3.00. The first-order valence-electron chi connectivity index (χ1n) is 3.32. The zero-order valence-electron chi connectivity index (χ0n) is 6.91. The van der Waals surface area contributed by atoms with Gasteiger partial charge in [-0.3, -0.25) is 0 Å². The second-order valence-electron chi connectivity index (χ2n) is 2.38. The van der Waals surface area contributed by atoms with Gasteiger partial charge in [-0.25, -0.2) is 4.99 Å². The number of nitrogens with two attached hydrogens (primary N) is 1. The molecule has 1 unspecified atom stereocenters. The van der Waals surface area contributed by atoms with Crippen molar-refractivity contribution in [3.8, 4) is 0 Å². The molecule has 0 aliphatic carbocycles. The van der Waals surface area contributed by atoms with Crippen LogP contribution in [-0.2, 0) is 0 Å². The highest BCUT2D eigenvalue weighted by molar-refractivity contribution is 5.52. The molecule has 0 aliphatic rings. The molecule has 0 spiro atoms. The maximum absolute atomic E-state index is 9.52. The molecule has 3 heteroatoms. The Labute approximate surface area is 66.9 Å². The van der Waals surface area contributed by atoms with Crippen molar-refractivity contribution in [3.05, 3.63) is 24.3 Å². The fourth-order valence-corrected chi connectivity index (χ4v) is 0.582. The Morgan fingerprint density at radius 3 is 2.64 bits per heavy atom. The molecule has 0 saturated heterocycles. The Hall–Kier alpha value is -1.09. The molecule has 0 amide bonds. The first-order valence-corrected chi connectivity index (χ1v) is 3.32. The number of nitrogens with zero attached hydrogens (tertiary/aromatic N) is 1. The minimum absolute atomic E-state index is 0.703. The standard InChI is InChI=1S/C8H14N2O/c1-4-5-7(2)8(3,11)10-6-9/h4-6,11H,1H2,2-3H3,(H2,9,10)/b7-5-. The van der Waals surface area contributed by atoms with Gasteiger partial charge in [-0.2, -0.15) is 0 Å². The van der Waals surface area contributed by atoms with E-state index in [1.54, 1.807) is 26.0 Å². The summed E-state index contributed by atoms with van der Waals surface area (Å²) in [6.45, 7) is 6.82. The summed E-state index contributed by atoms with van der Waals surface area (Å²) in [6.07, 6.45) is 4.36. The first-order chi connectivity index (χ1) is 5.04. The van der Waals surface area contributed by atoms with Gasteiger partial charge in [0.15, 0.2) is 5.72 Å². The molecule has 3 nitrogen and oxygen atoms in total. The van der Waals surface area contributed by atoms with Crippen molar-refractivity contribution >= 4 is 6.34 Å². The van der Waals surface area contributed by atoms with E-state index in [2.05, 4.69) is 11.6 Å². The number of hydrogen-bond acceptors (Lipinski definition) is 2. The van der Waals surface area contributed by atoms with E-state index in [1.807, 2.05) is 0 Å². The van der Waals surface area contributed by atoms with Gasteiger partial charge in [-0.15, -0.1) is 0 Å². The largest absolute Gasteiger partial charge is 0.390 e. The minimum atomic E-state index is -1.21. The Morgan fingerprint density at radius 1 is 1.73 bits per heavy atom. The van der Waals surface area contributed by atoms with Crippen LogP contribution in [0, 0.1) is 0 Å². The quantitative estimate of drug-likeness (QED) is 0.359. The molecule has 1 atom stereocenters. The molecule has 0 aliphatic heterocycles. The van der Waals surface area contributed by atoms with Crippen LogP contribution < -0.4 is 5.73 Å². The van der Waals surface area contributed by atoms with Crippen molar-refractivity contribution < 1.29 is 5.11 Å². The van der Waals surface area contributed by atoms with E-state index >= 15 is 0 Å². The highest BCUT2D eigenvalue weighted by Gasteiger charge is 2.18. The number of allylic oxidation sites excluding steroid dienone is 2. The van der Waals surface area contributed by atoms with Gasteiger partial charge in [0.1, 0.15) is 0 Å². The van der Waals surface area contributed by atoms with E-state index in [4.69, 9.17) is 5.73 Å². The normalized spacial score (nSPS) is 18.3. The van der Waals surface area contributed by atoms with Crippen LogP contribution in [0.2, 0.25) is 0 Å². The molecule has 62 valence electrons. The molecule has 0 fully saturated rings. The number of rotatable bonds is 3. The molecule has 11 heavy (non-hydrogen) atoms. The molecule has 0 heterocycles. The van der Waals surface area contributed by atoms with Gasteiger partial charge >= 0.3 is 0 Å². The summed E-state index contributed by atoms with van der Waals surface area (Å²) < 4.78 is 0. The summed E-state index contributed by atoms with van der Waals surface area (Å²) in [4.78, 5) is 3.67. The third-order valence-corrected chi connectivity index (χ3v) is 1.44. The zero-order valence-corrected chi connectivity index (χ0v) is 6.91. The van der Waals surface area contributed by atoms with Crippen LogP contribution >= 0.6 is 0 Å². The van der Waals surface area contributed by atoms with Gasteiger partial charge in [-0.1, -0.05) is 18.7 Å². The summed E-state index contributed by atoms with van der Waals surface area (Å²) in [7, 11) is 0. The molecule has 0 aromatic carbocycles. The van der Waals surface area contributed by atoms with Crippen LogP contribution in [0.25, 0.3) is 0 Å². The second kappa shape index (κ2) is 3.93. The van der Waals surface area contributed by atoms with E-state index in [-0.39, 0.29) is 0 Å². The smallest absolute Gasteiger partial charge is 0.176 e. The lowest BCUT2D eigenvalue weighted by Gasteiger charge is -2.17. The molecule has 0 aromatic rings. The molecule has 0 rings (SSSR count). The lowest BCUT2D eigenvalue weighted by atomic mass is 10.1. The molecule has 0 radical (unpaired) electrons. The van der Waals surface area contributed by atoms with Crippen LogP contribution in [0.4, 0.5) is 0 Å². The molecular formula is C8H14N2O. The fraction of sp³-hybridized carbons (Fsp3) is 0.375. The SMILES string of the molecule is C=C/C=C(/C)C(C)(O)N=CN. The second-order valence-corrected chi connectivity index (χ2v) is 2.38. The van der Waals surface area contributed by atoms with Crippen molar-refractivity contribution in [2.45, 2.75) is 19.6 Å². The molecule has 3 N–H and O–H groups in total. The van der Waals surface area contributed by atoms with Gasteiger partial charge in [-0.05, 0) is 19.4 Å². The van der Waals surface area contributed by atoms with Crippen LogP contribution in [0.15, 0.2) is 29.3 Å². The Kier molecular flexibility index (Phi) is 3.54. The lowest BCUT2D eigenvalue weighted by molar-refractivity contribution is 0.110. The van der Waals surface area contributed by atoms with Crippen molar-refractivity contribution in [2.24, 2.45) is 10.7 Å². The van der Waals surface area contributed by atoms with E-state index in [0.717, 1.165) is 6.34 Å².